The number of aliphatic carboxylic acids is 1. The number of carbonyl (C=O) groups excluding carboxylic acids is 1. The molecule has 4 heteroatoms. The molecule has 0 saturated heterocycles. The third-order valence-corrected chi connectivity index (χ3v) is 3.42. The number of ether oxygens (including phenoxy) is 1. The van der Waals surface area contributed by atoms with E-state index in [1.807, 2.05) is 13.0 Å². The van der Waals surface area contributed by atoms with Crippen molar-refractivity contribution in [2.75, 3.05) is 0 Å². The van der Waals surface area contributed by atoms with Gasteiger partial charge in [0.2, 0.25) is 0 Å². The summed E-state index contributed by atoms with van der Waals surface area (Å²) in [5.41, 5.74) is 0.876. The summed E-state index contributed by atoms with van der Waals surface area (Å²) in [6, 6.07) is 0. The van der Waals surface area contributed by atoms with Gasteiger partial charge in [0.05, 0.1) is 0 Å². The van der Waals surface area contributed by atoms with Gasteiger partial charge in [-0.3, -0.25) is 0 Å². The number of carbonyl (C=O) groups is 2. The molecule has 0 fully saturated rings. The molecule has 0 spiro atoms. The molecule has 0 aromatic carbocycles. The molecule has 1 unspecified atom stereocenters. The highest BCUT2D eigenvalue weighted by molar-refractivity contribution is 5.82. The van der Waals surface area contributed by atoms with Crippen LogP contribution in [0.15, 0.2) is 36.0 Å². The first-order valence-electron chi connectivity index (χ1n) is 7.41. The van der Waals surface area contributed by atoms with Crippen LogP contribution >= 0.6 is 0 Å². The largest absolute Gasteiger partial charge is 0.478 e. The summed E-state index contributed by atoms with van der Waals surface area (Å²) in [4.78, 5) is 21.6. The minimum absolute atomic E-state index is 0.0131. The van der Waals surface area contributed by atoms with Gasteiger partial charge in [-0.25, -0.2) is 9.59 Å². The monoisotopic (exact) mass is 292 g/mol. The predicted octanol–water partition coefficient (Wildman–Crippen LogP) is 3.64. The normalized spacial score (nSPS) is 20.6. The second kappa shape index (κ2) is 9.16. The average molecular weight is 292 g/mol. The van der Waals surface area contributed by atoms with Crippen molar-refractivity contribution in [3.63, 3.8) is 0 Å². The second-order valence-corrected chi connectivity index (χ2v) is 5.55. The second-order valence-electron chi connectivity index (χ2n) is 5.55. The zero-order chi connectivity index (χ0) is 15.7. The van der Waals surface area contributed by atoms with Gasteiger partial charge in [-0.2, -0.15) is 0 Å². The van der Waals surface area contributed by atoms with Crippen molar-refractivity contribution < 1.29 is 19.4 Å². The Labute approximate surface area is 126 Å². The van der Waals surface area contributed by atoms with E-state index in [4.69, 9.17) is 9.84 Å². The lowest BCUT2D eigenvalue weighted by Crippen LogP contribution is -2.20. The van der Waals surface area contributed by atoms with Crippen LogP contribution in [0.2, 0.25) is 0 Å². The highest BCUT2D eigenvalue weighted by atomic mass is 16.5. The van der Waals surface area contributed by atoms with Crippen molar-refractivity contribution in [3.8, 4) is 0 Å². The Kier molecular flexibility index (Phi) is 7.51. The lowest BCUT2D eigenvalue weighted by Gasteiger charge is -2.19. The van der Waals surface area contributed by atoms with E-state index in [1.54, 1.807) is 0 Å². The maximum Gasteiger partial charge on any atom is 0.330 e. The molecule has 0 aliphatic carbocycles. The fourth-order valence-corrected chi connectivity index (χ4v) is 2.21. The highest BCUT2D eigenvalue weighted by Crippen LogP contribution is 2.17. The van der Waals surface area contributed by atoms with E-state index >= 15 is 0 Å². The fraction of sp³-hybridized carbons (Fsp3) is 0.529. The number of cyclic esters (lactones) is 1. The number of allylic oxidation sites excluding steroid dienone is 3. The molecule has 0 bridgehead atoms. The zero-order valence-electron chi connectivity index (χ0n) is 12.7. The van der Waals surface area contributed by atoms with Crippen molar-refractivity contribution in [1.82, 2.24) is 0 Å². The van der Waals surface area contributed by atoms with Gasteiger partial charge in [-0.15, -0.1) is 0 Å². The van der Waals surface area contributed by atoms with Gasteiger partial charge in [0, 0.05) is 18.6 Å². The van der Waals surface area contributed by atoms with E-state index in [2.05, 4.69) is 19.1 Å². The Morgan fingerprint density at radius 2 is 2.33 bits per heavy atom. The lowest BCUT2D eigenvalue weighted by molar-refractivity contribution is -0.144. The maximum absolute atomic E-state index is 11.1. The Bertz CT molecular complexity index is 446. The van der Waals surface area contributed by atoms with E-state index in [0.717, 1.165) is 37.7 Å². The van der Waals surface area contributed by atoms with Gasteiger partial charge < -0.3 is 9.84 Å². The Morgan fingerprint density at radius 3 is 3.00 bits per heavy atom. The minimum Gasteiger partial charge on any atom is -0.478 e. The zero-order valence-corrected chi connectivity index (χ0v) is 12.7. The molecule has 116 valence electrons. The molecular weight excluding hydrogens is 268 g/mol. The standard InChI is InChI=1S/C17H24O4/c1-13(6-3-4-7-14(2)12-16(18)19)10-11-15-8-5-9-17(20)21-15/h3,5-6,9,12-13,15H,4,7-8,10-11H2,1-2H3,(H,18,19)/b6-3-,14-12-/t13-,15?/m1/s1. The SMILES string of the molecule is C/C(=C/C(=O)O)CC/C=C\[C@@H](C)CCC1CC=CC(=O)O1. The molecule has 0 radical (unpaired) electrons. The van der Waals surface area contributed by atoms with Crippen LogP contribution in [-0.4, -0.2) is 23.1 Å². The van der Waals surface area contributed by atoms with Crippen LogP contribution in [0.3, 0.4) is 0 Å². The van der Waals surface area contributed by atoms with Gasteiger partial charge in [0.1, 0.15) is 6.10 Å². The molecule has 2 atom stereocenters. The maximum atomic E-state index is 11.1. The van der Waals surface area contributed by atoms with Gasteiger partial charge in [0.15, 0.2) is 0 Å². The molecule has 21 heavy (non-hydrogen) atoms. The third kappa shape index (κ3) is 8.12. The van der Waals surface area contributed by atoms with Crippen LogP contribution in [0.4, 0.5) is 0 Å². The molecule has 0 aromatic heterocycles. The molecule has 1 rings (SSSR count). The number of carboxylic acid groups (broad SMARTS) is 1. The molecule has 0 aromatic rings. The first-order valence-corrected chi connectivity index (χ1v) is 7.41. The Morgan fingerprint density at radius 1 is 1.57 bits per heavy atom. The van der Waals surface area contributed by atoms with E-state index in [1.165, 1.54) is 12.2 Å². The highest BCUT2D eigenvalue weighted by Gasteiger charge is 2.16. The van der Waals surface area contributed by atoms with Crippen LogP contribution < -0.4 is 0 Å². The van der Waals surface area contributed by atoms with E-state index in [-0.39, 0.29) is 12.1 Å². The van der Waals surface area contributed by atoms with Crippen LogP contribution in [0.1, 0.15) is 46.0 Å². The number of carboxylic acids is 1. The summed E-state index contributed by atoms with van der Waals surface area (Å²) in [6.07, 6.45) is 13.1. The van der Waals surface area contributed by atoms with Crippen LogP contribution in [-0.2, 0) is 14.3 Å². The van der Waals surface area contributed by atoms with Gasteiger partial charge in [-0.05, 0) is 38.5 Å². The summed E-state index contributed by atoms with van der Waals surface area (Å²) >= 11 is 0. The van der Waals surface area contributed by atoms with Gasteiger partial charge in [-0.1, -0.05) is 30.7 Å². The van der Waals surface area contributed by atoms with Crippen molar-refractivity contribution >= 4 is 11.9 Å². The quantitative estimate of drug-likeness (QED) is 0.421. The Balaban J connectivity index is 2.19. The van der Waals surface area contributed by atoms with Crippen molar-refractivity contribution in [2.45, 2.75) is 52.1 Å². The predicted molar refractivity (Wildman–Crippen MR) is 81.8 cm³/mol. The first-order chi connectivity index (χ1) is 9.97. The minimum atomic E-state index is -0.888. The number of hydrogen-bond donors (Lipinski definition) is 1. The smallest absolute Gasteiger partial charge is 0.330 e. The molecular formula is C17H24O4. The van der Waals surface area contributed by atoms with Gasteiger partial charge in [0.25, 0.3) is 0 Å². The fourth-order valence-electron chi connectivity index (χ4n) is 2.21. The Hall–Kier alpha value is -1.84. The molecule has 1 aliphatic heterocycles. The van der Waals surface area contributed by atoms with Crippen molar-refractivity contribution in [1.29, 1.82) is 0 Å². The van der Waals surface area contributed by atoms with E-state index < -0.39 is 5.97 Å². The summed E-state index contributed by atoms with van der Waals surface area (Å²) in [5, 5.41) is 8.61. The molecule has 0 saturated carbocycles. The molecule has 1 heterocycles. The van der Waals surface area contributed by atoms with Crippen LogP contribution in [0.25, 0.3) is 0 Å². The average Bonchev–Trinajstić information content (AvgIpc) is 2.41. The summed E-state index contributed by atoms with van der Waals surface area (Å²) < 4.78 is 5.22. The first kappa shape index (κ1) is 17.2. The van der Waals surface area contributed by atoms with E-state index in [9.17, 15) is 9.59 Å². The molecule has 0 amide bonds. The molecule has 1 N–H and O–H groups in total. The summed E-state index contributed by atoms with van der Waals surface area (Å²) in [6.45, 7) is 3.97. The third-order valence-electron chi connectivity index (χ3n) is 3.42. The molecule has 1 aliphatic rings. The lowest BCUT2D eigenvalue weighted by atomic mass is 9.99. The number of esters is 1. The van der Waals surface area contributed by atoms with Gasteiger partial charge >= 0.3 is 11.9 Å². The number of rotatable bonds is 8. The van der Waals surface area contributed by atoms with Crippen molar-refractivity contribution in [3.05, 3.63) is 36.0 Å². The van der Waals surface area contributed by atoms with E-state index in [0.29, 0.717) is 5.92 Å². The molecule has 4 nitrogen and oxygen atoms in total. The summed E-state index contributed by atoms with van der Waals surface area (Å²) in [7, 11) is 0. The summed E-state index contributed by atoms with van der Waals surface area (Å²) in [5.74, 6) is -0.700. The van der Waals surface area contributed by atoms with Crippen molar-refractivity contribution in [2.24, 2.45) is 5.92 Å². The topological polar surface area (TPSA) is 63.6 Å². The van der Waals surface area contributed by atoms with Crippen LogP contribution in [0, 0.1) is 5.92 Å². The number of hydrogen-bond acceptors (Lipinski definition) is 3. The van der Waals surface area contributed by atoms with Crippen LogP contribution in [0.5, 0.6) is 0 Å².